The van der Waals surface area contributed by atoms with Gasteiger partial charge in [-0.3, -0.25) is 9.59 Å². The summed E-state index contributed by atoms with van der Waals surface area (Å²) in [6, 6.07) is 3.06. The van der Waals surface area contributed by atoms with E-state index in [0.717, 1.165) is 0 Å². The largest absolute Gasteiger partial charge is 0.316 e. The minimum absolute atomic E-state index is 0.142. The number of aromatic nitrogens is 1. The fraction of sp³-hybridized carbons (Fsp3) is 0. The molecule has 0 amide bonds. The Morgan fingerprint density at radius 2 is 2.20 bits per heavy atom. The maximum atomic E-state index is 10.8. The Labute approximate surface area is 65.2 Å². The number of carbonyl (C=O) groups is 1. The molecule has 0 aliphatic heterocycles. The standard InChI is InChI=1S/C6H4BrNO2/c7-5-2-1-4(3-9)6(10)8-5/h1-3H,(H,8,10). The molecular formula is C6H4BrNO2. The monoisotopic (exact) mass is 201 g/mol. The minimum Gasteiger partial charge on any atom is -0.316 e. The van der Waals surface area contributed by atoms with Crippen molar-refractivity contribution in [1.82, 2.24) is 4.98 Å². The van der Waals surface area contributed by atoms with Crippen LogP contribution >= 0.6 is 15.9 Å². The normalized spacial score (nSPS) is 9.30. The predicted molar refractivity (Wildman–Crippen MR) is 40.2 cm³/mol. The van der Waals surface area contributed by atoms with Gasteiger partial charge in [-0.05, 0) is 28.1 Å². The lowest BCUT2D eigenvalue weighted by Crippen LogP contribution is -2.10. The van der Waals surface area contributed by atoms with E-state index in [1.54, 1.807) is 6.07 Å². The van der Waals surface area contributed by atoms with Crippen molar-refractivity contribution < 1.29 is 4.79 Å². The van der Waals surface area contributed by atoms with Gasteiger partial charge in [-0.25, -0.2) is 0 Å². The van der Waals surface area contributed by atoms with Crippen molar-refractivity contribution in [2.75, 3.05) is 0 Å². The van der Waals surface area contributed by atoms with Crippen LogP contribution in [0.25, 0.3) is 0 Å². The highest BCUT2D eigenvalue weighted by atomic mass is 79.9. The van der Waals surface area contributed by atoms with Crippen LogP contribution in [0.1, 0.15) is 10.4 Å². The quantitative estimate of drug-likeness (QED) is 0.544. The topological polar surface area (TPSA) is 49.9 Å². The molecule has 1 N–H and O–H groups in total. The minimum atomic E-state index is -0.371. The Balaban J connectivity index is 3.33. The lowest BCUT2D eigenvalue weighted by atomic mass is 10.3. The molecule has 0 atom stereocenters. The van der Waals surface area contributed by atoms with Crippen molar-refractivity contribution in [3.05, 3.63) is 32.7 Å². The van der Waals surface area contributed by atoms with Crippen LogP contribution < -0.4 is 5.56 Å². The van der Waals surface area contributed by atoms with Crippen LogP contribution in [-0.4, -0.2) is 11.3 Å². The molecule has 10 heavy (non-hydrogen) atoms. The van der Waals surface area contributed by atoms with Crippen molar-refractivity contribution in [2.24, 2.45) is 0 Å². The summed E-state index contributed by atoms with van der Waals surface area (Å²) in [5, 5.41) is 0. The van der Waals surface area contributed by atoms with Gasteiger partial charge in [0.1, 0.15) is 0 Å². The molecule has 1 aromatic rings. The average Bonchev–Trinajstić information content (AvgIpc) is 1.88. The predicted octanol–water partition coefficient (Wildman–Crippen LogP) is 0.950. The molecular weight excluding hydrogens is 198 g/mol. The molecule has 0 aliphatic carbocycles. The zero-order valence-corrected chi connectivity index (χ0v) is 6.51. The summed E-state index contributed by atoms with van der Waals surface area (Å²) in [6.45, 7) is 0. The van der Waals surface area contributed by atoms with Gasteiger partial charge in [-0.15, -0.1) is 0 Å². The van der Waals surface area contributed by atoms with Gasteiger partial charge in [0.2, 0.25) is 0 Å². The molecule has 4 heteroatoms. The van der Waals surface area contributed by atoms with Gasteiger partial charge in [0.25, 0.3) is 5.56 Å². The van der Waals surface area contributed by atoms with E-state index in [4.69, 9.17) is 0 Å². The first-order chi connectivity index (χ1) is 4.74. The number of hydrogen-bond acceptors (Lipinski definition) is 2. The smallest absolute Gasteiger partial charge is 0.259 e. The van der Waals surface area contributed by atoms with E-state index >= 15 is 0 Å². The molecule has 0 fully saturated rings. The lowest BCUT2D eigenvalue weighted by Gasteiger charge is -1.88. The highest BCUT2D eigenvalue weighted by Crippen LogP contribution is 2.00. The Bertz CT molecular complexity index is 305. The van der Waals surface area contributed by atoms with Gasteiger partial charge in [-0.2, -0.15) is 0 Å². The molecule has 0 aromatic carbocycles. The molecule has 1 heterocycles. The number of aromatic amines is 1. The lowest BCUT2D eigenvalue weighted by molar-refractivity contribution is 0.112. The number of aldehydes is 1. The Morgan fingerprint density at radius 1 is 1.50 bits per heavy atom. The zero-order valence-electron chi connectivity index (χ0n) is 4.93. The number of H-pyrrole nitrogens is 1. The van der Waals surface area contributed by atoms with Gasteiger partial charge in [0, 0.05) is 0 Å². The summed E-state index contributed by atoms with van der Waals surface area (Å²) in [5.41, 5.74) is -0.229. The van der Waals surface area contributed by atoms with Crippen LogP contribution in [0.5, 0.6) is 0 Å². The molecule has 0 saturated carbocycles. The van der Waals surface area contributed by atoms with Crippen LogP contribution in [-0.2, 0) is 0 Å². The molecule has 0 radical (unpaired) electrons. The van der Waals surface area contributed by atoms with E-state index in [2.05, 4.69) is 20.9 Å². The van der Waals surface area contributed by atoms with Gasteiger partial charge >= 0.3 is 0 Å². The van der Waals surface area contributed by atoms with E-state index in [0.29, 0.717) is 10.9 Å². The van der Waals surface area contributed by atoms with Crippen molar-refractivity contribution in [3.8, 4) is 0 Å². The number of pyridine rings is 1. The summed E-state index contributed by atoms with van der Waals surface area (Å²) >= 11 is 3.05. The molecule has 1 aromatic heterocycles. The second kappa shape index (κ2) is 2.79. The summed E-state index contributed by atoms with van der Waals surface area (Å²) in [6.07, 6.45) is 0.519. The number of halogens is 1. The summed E-state index contributed by atoms with van der Waals surface area (Å²) in [5.74, 6) is 0. The van der Waals surface area contributed by atoms with Crippen LogP contribution in [0, 0.1) is 0 Å². The average molecular weight is 202 g/mol. The summed E-state index contributed by atoms with van der Waals surface area (Å²) in [7, 11) is 0. The Hall–Kier alpha value is -0.900. The molecule has 52 valence electrons. The number of nitrogens with one attached hydrogen (secondary N) is 1. The fourth-order valence-electron chi connectivity index (χ4n) is 0.554. The maximum absolute atomic E-state index is 10.8. The van der Waals surface area contributed by atoms with Crippen LogP contribution in [0.15, 0.2) is 21.5 Å². The molecule has 0 unspecified atom stereocenters. The van der Waals surface area contributed by atoms with Gasteiger partial charge in [-0.1, -0.05) is 0 Å². The van der Waals surface area contributed by atoms with Crippen LogP contribution in [0.2, 0.25) is 0 Å². The molecule has 0 saturated heterocycles. The van der Waals surface area contributed by atoms with E-state index in [9.17, 15) is 9.59 Å². The van der Waals surface area contributed by atoms with Crippen molar-refractivity contribution >= 4 is 22.2 Å². The molecule has 1 rings (SSSR count). The second-order valence-electron chi connectivity index (χ2n) is 1.71. The van der Waals surface area contributed by atoms with E-state index in [1.807, 2.05) is 0 Å². The summed E-state index contributed by atoms with van der Waals surface area (Å²) in [4.78, 5) is 23.3. The first-order valence-electron chi connectivity index (χ1n) is 2.58. The Kier molecular flexibility index (Phi) is 2.01. The van der Waals surface area contributed by atoms with Gasteiger partial charge in [0.05, 0.1) is 10.2 Å². The fourth-order valence-corrected chi connectivity index (χ4v) is 0.866. The highest BCUT2D eigenvalue weighted by Gasteiger charge is 1.95. The highest BCUT2D eigenvalue weighted by molar-refractivity contribution is 9.10. The Morgan fingerprint density at radius 3 is 2.70 bits per heavy atom. The van der Waals surface area contributed by atoms with E-state index < -0.39 is 0 Å². The maximum Gasteiger partial charge on any atom is 0.259 e. The zero-order chi connectivity index (χ0) is 7.56. The van der Waals surface area contributed by atoms with Gasteiger partial charge < -0.3 is 4.98 Å². The molecule has 0 spiro atoms. The van der Waals surface area contributed by atoms with Crippen molar-refractivity contribution in [1.29, 1.82) is 0 Å². The molecule has 3 nitrogen and oxygen atoms in total. The molecule has 0 aliphatic rings. The van der Waals surface area contributed by atoms with Gasteiger partial charge in [0.15, 0.2) is 6.29 Å². The van der Waals surface area contributed by atoms with Crippen LogP contribution in [0.3, 0.4) is 0 Å². The third-order valence-corrected chi connectivity index (χ3v) is 1.49. The van der Waals surface area contributed by atoms with Crippen molar-refractivity contribution in [2.45, 2.75) is 0 Å². The van der Waals surface area contributed by atoms with E-state index in [-0.39, 0.29) is 11.1 Å². The number of carbonyl (C=O) groups excluding carboxylic acids is 1. The third kappa shape index (κ3) is 1.33. The summed E-state index contributed by atoms with van der Waals surface area (Å²) < 4.78 is 0.572. The molecule has 0 bridgehead atoms. The van der Waals surface area contributed by atoms with E-state index in [1.165, 1.54) is 6.07 Å². The third-order valence-electron chi connectivity index (χ3n) is 1.03. The number of rotatable bonds is 1. The second-order valence-corrected chi connectivity index (χ2v) is 2.56. The first kappa shape index (κ1) is 7.21. The van der Waals surface area contributed by atoms with Crippen LogP contribution in [0.4, 0.5) is 0 Å². The van der Waals surface area contributed by atoms with Crippen molar-refractivity contribution in [3.63, 3.8) is 0 Å². The SMILES string of the molecule is O=Cc1ccc(Br)[nH]c1=O. The number of hydrogen-bond donors (Lipinski definition) is 1. The first-order valence-corrected chi connectivity index (χ1v) is 3.37.